The number of amides is 3. The molecule has 3 aromatic carbocycles. The zero-order valence-electron chi connectivity index (χ0n) is 21.9. The van der Waals surface area contributed by atoms with E-state index in [1.54, 1.807) is 24.2 Å². The number of urea groups is 1. The van der Waals surface area contributed by atoms with Crippen LogP contribution in [0.3, 0.4) is 0 Å². The Kier molecular flexibility index (Phi) is 8.23. The highest BCUT2D eigenvalue weighted by atomic mass is 35.5. The van der Waals surface area contributed by atoms with E-state index < -0.39 is 23.9 Å². The van der Waals surface area contributed by atoms with E-state index in [1.165, 1.54) is 11.6 Å². The first kappa shape index (κ1) is 28.1. The van der Waals surface area contributed by atoms with Gasteiger partial charge in [-0.15, -0.1) is 0 Å². The lowest BCUT2D eigenvalue weighted by molar-refractivity contribution is -0.139. The fraction of sp³-hybridized carbons (Fsp3) is 0.207. The van der Waals surface area contributed by atoms with E-state index in [4.69, 9.17) is 23.2 Å². The number of hydrogen-bond acceptors (Lipinski definition) is 6. The van der Waals surface area contributed by atoms with Crippen molar-refractivity contribution in [2.24, 2.45) is 0 Å². The van der Waals surface area contributed by atoms with Crippen LogP contribution >= 0.6 is 23.2 Å². The summed E-state index contributed by atoms with van der Waals surface area (Å²) in [5.41, 5.74) is 3.20. The van der Waals surface area contributed by atoms with Crippen molar-refractivity contribution >= 4 is 63.6 Å². The summed E-state index contributed by atoms with van der Waals surface area (Å²) in [6.45, 7) is -0.360. The van der Waals surface area contributed by atoms with Crippen molar-refractivity contribution in [1.82, 2.24) is 25.9 Å². The van der Waals surface area contributed by atoms with E-state index in [0.29, 0.717) is 11.6 Å². The van der Waals surface area contributed by atoms with Gasteiger partial charge in [-0.3, -0.25) is 4.79 Å². The number of fused-ring (bicyclic) bond motifs is 2. The number of nitrogens with one attached hydrogen (secondary N) is 3. The maximum atomic E-state index is 13.2. The van der Waals surface area contributed by atoms with Crippen molar-refractivity contribution in [3.8, 4) is 0 Å². The minimum absolute atomic E-state index is 0.0102. The quantitative estimate of drug-likeness (QED) is 0.229. The van der Waals surface area contributed by atoms with E-state index in [2.05, 4.69) is 25.9 Å². The topological polar surface area (TPSA) is 137 Å². The largest absolute Gasteiger partial charge is 0.480 e. The molecule has 41 heavy (non-hydrogen) atoms. The SMILES string of the molecule is CN(c1ncc2ccccc2n1)c1ccc(Cl)c(C(=O)N[C@@H](CNC(=O)N[C@@H]2CCc3ccccc32)C(=O)O)c1Cl. The molecule has 0 radical (unpaired) electrons. The Balaban J connectivity index is 1.28. The highest BCUT2D eigenvalue weighted by Gasteiger charge is 2.28. The van der Waals surface area contributed by atoms with Crippen molar-refractivity contribution < 1.29 is 19.5 Å². The van der Waals surface area contributed by atoms with Crippen molar-refractivity contribution in [1.29, 1.82) is 0 Å². The monoisotopic (exact) mass is 592 g/mol. The van der Waals surface area contributed by atoms with Crippen molar-refractivity contribution in [2.45, 2.75) is 24.9 Å². The summed E-state index contributed by atoms with van der Waals surface area (Å²) in [5, 5.41) is 18.4. The molecule has 2 atom stereocenters. The average molecular weight is 593 g/mol. The number of nitrogens with zero attached hydrogens (tertiary/aromatic N) is 3. The average Bonchev–Trinajstić information content (AvgIpc) is 3.37. The Labute approximate surface area is 245 Å². The summed E-state index contributed by atoms with van der Waals surface area (Å²) in [6.07, 6.45) is 3.27. The van der Waals surface area contributed by atoms with Gasteiger partial charge in [0.1, 0.15) is 6.04 Å². The number of carboxylic acids is 1. The number of halogens is 2. The molecule has 210 valence electrons. The van der Waals surface area contributed by atoms with Gasteiger partial charge in [0.25, 0.3) is 5.91 Å². The molecule has 1 aliphatic carbocycles. The predicted molar refractivity (Wildman–Crippen MR) is 157 cm³/mol. The molecule has 0 bridgehead atoms. The molecule has 12 heteroatoms. The highest BCUT2D eigenvalue weighted by Crippen LogP contribution is 2.36. The molecule has 0 unspecified atom stereocenters. The van der Waals surface area contributed by atoms with Crippen LogP contribution in [0.4, 0.5) is 16.4 Å². The summed E-state index contributed by atoms with van der Waals surface area (Å²) in [5.74, 6) is -1.81. The molecule has 4 aromatic rings. The molecule has 10 nitrogen and oxygen atoms in total. The highest BCUT2D eigenvalue weighted by molar-refractivity contribution is 6.41. The van der Waals surface area contributed by atoms with Gasteiger partial charge in [-0.05, 0) is 42.2 Å². The number of rotatable bonds is 8. The summed E-state index contributed by atoms with van der Waals surface area (Å²) in [6, 6.07) is 16.3. The molecule has 0 aliphatic heterocycles. The Hall–Kier alpha value is -4.41. The second-order valence-electron chi connectivity index (χ2n) is 9.55. The van der Waals surface area contributed by atoms with Gasteiger partial charge in [-0.2, -0.15) is 0 Å². The van der Waals surface area contributed by atoms with Crippen LogP contribution in [0.2, 0.25) is 10.0 Å². The lowest BCUT2D eigenvalue weighted by Crippen LogP contribution is -2.50. The maximum Gasteiger partial charge on any atom is 0.328 e. The fourth-order valence-electron chi connectivity index (χ4n) is 4.78. The van der Waals surface area contributed by atoms with Gasteiger partial charge in [-0.25, -0.2) is 19.6 Å². The molecule has 1 aliphatic rings. The molecule has 0 fully saturated rings. The van der Waals surface area contributed by atoms with Gasteiger partial charge >= 0.3 is 12.0 Å². The van der Waals surface area contributed by atoms with Crippen molar-refractivity contribution in [3.63, 3.8) is 0 Å². The van der Waals surface area contributed by atoms with Crippen molar-refractivity contribution in [3.05, 3.63) is 93.6 Å². The number of carbonyl (C=O) groups is 3. The Bertz CT molecular complexity index is 1650. The number of para-hydroxylation sites is 1. The molecule has 0 spiro atoms. The molecular weight excluding hydrogens is 567 g/mol. The van der Waals surface area contributed by atoms with Gasteiger partial charge in [-0.1, -0.05) is 65.7 Å². The Morgan fingerprint density at radius 3 is 2.63 bits per heavy atom. The number of anilines is 2. The number of aromatic nitrogens is 2. The zero-order chi connectivity index (χ0) is 29.1. The van der Waals surface area contributed by atoms with Crippen molar-refractivity contribution in [2.75, 3.05) is 18.5 Å². The molecule has 3 amide bonds. The third kappa shape index (κ3) is 6.03. The van der Waals surface area contributed by atoms with E-state index in [1.807, 2.05) is 48.5 Å². The molecule has 0 saturated carbocycles. The van der Waals surface area contributed by atoms with Crippen LogP contribution in [0.5, 0.6) is 0 Å². The smallest absolute Gasteiger partial charge is 0.328 e. The second kappa shape index (κ2) is 12.0. The summed E-state index contributed by atoms with van der Waals surface area (Å²) >= 11 is 13.0. The number of hydrogen-bond donors (Lipinski definition) is 4. The van der Waals surface area contributed by atoms with Crippen LogP contribution in [0.15, 0.2) is 66.9 Å². The van der Waals surface area contributed by atoms with E-state index >= 15 is 0 Å². The first-order chi connectivity index (χ1) is 19.7. The Morgan fingerprint density at radius 2 is 1.83 bits per heavy atom. The lowest BCUT2D eigenvalue weighted by atomic mass is 10.1. The number of carboxylic acid groups (broad SMARTS) is 1. The standard InChI is InChI=1S/C29H26Cl2N6O4/c1-37(28-32-14-17-7-3-5-9-20(17)35-28)23-13-11-19(30)24(25(23)31)26(38)34-22(27(39)40)15-33-29(41)36-21-12-10-16-6-2-4-8-18(16)21/h2-9,11,13-14,21-22H,10,12,15H2,1H3,(H,34,38)(H,39,40)(H2,33,36,41)/t21-,22+/m1/s1. The number of carbonyl (C=O) groups excluding carboxylic acids is 2. The second-order valence-corrected chi connectivity index (χ2v) is 10.3. The van der Waals surface area contributed by atoms with Crippen LogP contribution in [0.1, 0.15) is 33.9 Å². The number of aryl methyl sites for hydroxylation is 1. The van der Waals surface area contributed by atoms with Crippen LogP contribution in [0.25, 0.3) is 10.9 Å². The fourth-order valence-corrected chi connectivity index (χ4v) is 5.45. The summed E-state index contributed by atoms with van der Waals surface area (Å²) in [4.78, 5) is 48.3. The minimum Gasteiger partial charge on any atom is -0.480 e. The lowest BCUT2D eigenvalue weighted by Gasteiger charge is -2.22. The molecule has 0 saturated heterocycles. The third-order valence-electron chi connectivity index (χ3n) is 6.94. The van der Waals surface area contributed by atoms with Gasteiger partial charge < -0.3 is 26.0 Å². The summed E-state index contributed by atoms with van der Waals surface area (Å²) < 4.78 is 0. The van der Waals surface area contributed by atoms with E-state index in [-0.39, 0.29) is 28.2 Å². The molecule has 1 aromatic heterocycles. The first-order valence-corrected chi connectivity index (χ1v) is 13.6. The molecule has 4 N–H and O–H groups in total. The number of aliphatic carboxylic acids is 1. The number of benzene rings is 3. The minimum atomic E-state index is -1.44. The van der Waals surface area contributed by atoms with Crippen LogP contribution < -0.4 is 20.9 Å². The van der Waals surface area contributed by atoms with Gasteiger partial charge in [0.15, 0.2) is 0 Å². The maximum absolute atomic E-state index is 13.2. The molecule has 5 rings (SSSR count). The van der Waals surface area contributed by atoms with Crippen LogP contribution in [-0.4, -0.2) is 52.6 Å². The molecule has 1 heterocycles. The zero-order valence-corrected chi connectivity index (χ0v) is 23.4. The molecular formula is C29H26Cl2N6O4. The van der Waals surface area contributed by atoms with Crippen LogP contribution in [0, 0.1) is 0 Å². The van der Waals surface area contributed by atoms with E-state index in [0.717, 1.165) is 29.3 Å². The first-order valence-electron chi connectivity index (χ1n) is 12.8. The Morgan fingerprint density at radius 1 is 1.07 bits per heavy atom. The predicted octanol–water partition coefficient (Wildman–Crippen LogP) is 4.87. The van der Waals surface area contributed by atoms with Gasteiger partial charge in [0.2, 0.25) is 5.95 Å². The van der Waals surface area contributed by atoms with Gasteiger partial charge in [0.05, 0.1) is 39.4 Å². The normalized spacial score (nSPS) is 14.7. The van der Waals surface area contributed by atoms with Crippen LogP contribution in [-0.2, 0) is 11.2 Å². The summed E-state index contributed by atoms with van der Waals surface area (Å²) in [7, 11) is 1.69. The van der Waals surface area contributed by atoms with Gasteiger partial charge in [0, 0.05) is 18.6 Å². The van der Waals surface area contributed by atoms with E-state index in [9.17, 15) is 19.5 Å². The third-order valence-corrected chi connectivity index (χ3v) is 7.64.